The normalized spacial score (nSPS) is 12.4. The number of ether oxygens (including phenoxy) is 1. The number of hydrogen-bond donors (Lipinski definition) is 2. The number of nitrogens with zero attached hydrogens (tertiary/aromatic N) is 5. The van der Waals surface area contributed by atoms with E-state index < -0.39 is 29.5 Å². The first-order valence-corrected chi connectivity index (χ1v) is 13.4. The molecular formula is C29H38FN7O5. The number of carbonyl (C=O) groups excluding carboxylic acids is 3. The van der Waals surface area contributed by atoms with Crippen molar-refractivity contribution in [2.24, 2.45) is 5.41 Å². The quantitative estimate of drug-likeness (QED) is 0.349. The molecule has 3 rings (SSSR count). The van der Waals surface area contributed by atoms with Crippen LogP contribution in [0.5, 0.6) is 0 Å². The highest BCUT2D eigenvalue weighted by Gasteiger charge is 2.25. The van der Waals surface area contributed by atoms with Gasteiger partial charge in [-0.2, -0.15) is 0 Å². The number of rotatable bonds is 10. The van der Waals surface area contributed by atoms with Gasteiger partial charge in [0.1, 0.15) is 11.6 Å². The van der Waals surface area contributed by atoms with Crippen molar-refractivity contribution in [2.45, 2.75) is 52.7 Å². The van der Waals surface area contributed by atoms with Crippen molar-refractivity contribution < 1.29 is 23.5 Å². The minimum atomic E-state index is -1.25. The summed E-state index contributed by atoms with van der Waals surface area (Å²) in [5, 5.41) is 2.46. The fourth-order valence-electron chi connectivity index (χ4n) is 4.05. The summed E-state index contributed by atoms with van der Waals surface area (Å²) in [7, 11) is 6.17. The van der Waals surface area contributed by atoms with E-state index in [0.717, 1.165) is 5.56 Å². The lowest BCUT2D eigenvalue weighted by molar-refractivity contribution is -0.125. The average molecular weight is 584 g/mol. The highest BCUT2D eigenvalue weighted by molar-refractivity contribution is 5.94. The molecule has 2 aromatic heterocycles. The summed E-state index contributed by atoms with van der Waals surface area (Å²) in [6.45, 7) is 6.19. The van der Waals surface area contributed by atoms with E-state index in [0.29, 0.717) is 23.3 Å². The monoisotopic (exact) mass is 583 g/mol. The van der Waals surface area contributed by atoms with Crippen molar-refractivity contribution in [1.29, 1.82) is 0 Å². The SMILES string of the molecule is CN(C)C(=O)/C=C/CC[C@H](OC(=O)N(C)C)C(=O)Nc1nccn(Cc2nc3cc(F)cc(CC(C)(C)C)c3[nH]2)c1=O. The van der Waals surface area contributed by atoms with E-state index in [1.807, 2.05) is 0 Å². The first kappa shape index (κ1) is 32.0. The van der Waals surface area contributed by atoms with Crippen molar-refractivity contribution in [3.8, 4) is 0 Å². The van der Waals surface area contributed by atoms with Crippen LogP contribution in [-0.2, 0) is 27.3 Å². The number of nitrogens with one attached hydrogen (secondary N) is 2. The Kier molecular flexibility index (Phi) is 10.2. The Balaban J connectivity index is 1.80. The predicted molar refractivity (Wildman–Crippen MR) is 156 cm³/mol. The molecule has 13 heteroatoms. The van der Waals surface area contributed by atoms with Gasteiger partial charge in [-0.05, 0) is 42.4 Å². The van der Waals surface area contributed by atoms with Gasteiger partial charge in [-0.25, -0.2) is 19.2 Å². The number of anilines is 1. The Bertz CT molecular complexity index is 1540. The van der Waals surface area contributed by atoms with Gasteiger partial charge >= 0.3 is 6.09 Å². The van der Waals surface area contributed by atoms with Crippen LogP contribution in [0.1, 0.15) is 45.0 Å². The molecule has 2 N–H and O–H groups in total. The van der Waals surface area contributed by atoms with Gasteiger partial charge in [0.05, 0.1) is 17.6 Å². The van der Waals surface area contributed by atoms with Gasteiger partial charge in [0.15, 0.2) is 11.9 Å². The van der Waals surface area contributed by atoms with Crippen molar-refractivity contribution in [3.05, 3.63) is 64.2 Å². The maximum absolute atomic E-state index is 14.3. The number of aromatic amines is 1. The fraction of sp³-hybridized carbons (Fsp3) is 0.448. The first-order chi connectivity index (χ1) is 19.6. The molecule has 2 heterocycles. The average Bonchev–Trinajstić information content (AvgIpc) is 3.29. The molecule has 1 aromatic carbocycles. The molecule has 0 spiro atoms. The molecule has 42 heavy (non-hydrogen) atoms. The van der Waals surface area contributed by atoms with Gasteiger partial charge in [0.25, 0.3) is 11.5 Å². The second-order valence-electron chi connectivity index (χ2n) is 11.6. The number of hydrogen-bond acceptors (Lipinski definition) is 7. The van der Waals surface area contributed by atoms with Gasteiger partial charge in [-0.15, -0.1) is 0 Å². The maximum atomic E-state index is 14.3. The number of halogens is 1. The highest BCUT2D eigenvalue weighted by atomic mass is 19.1. The number of H-pyrrole nitrogens is 1. The number of allylic oxidation sites excluding steroid dienone is 1. The molecule has 0 saturated carbocycles. The molecule has 0 radical (unpaired) electrons. The van der Waals surface area contributed by atoms with Crippen molar-refractivity contribution in [3.63, 3.8) is 0 Å². The van der Waals surface area contributed by atoms with Crippen LogP contribution < -0.4 is 10.9 Å². The van der Waals surface area contributed by atoms with E-state index in [9.17, 15) is 23.6 Å². The van der Waals surface area contributed by atoms with Crippen molar-refractivity contribution in [1.82, 2.24) is 29.3 Å². The Morgan fingerprint density at radius 1 is 1.17 bits per heavy atom. The Morgan fingerprint density at radius 3 is 2.52 bits per heavy atom. The predicted octanol–water partition coefficient (Wildman–Crippen LogP) is 3.33. The number of amides is 3. The number of carbonyl (C=O) groups is 3. The summed E-state index contributed by atoms with van der Waals surface area (Å²) >= 11 is 0. The number of fused-ring (bicyclic) bond motifs is 1. The molecule has 226 valence electrons. The first-order valence-electron chi connectivity index (χ1n) is 13.4. The standard InChI is InChI=1S/C29H38FN7O5/c1-29(2,3)16-18-14-19(30)15-20-24(18)33-22(32-20)17-37-13-12-31-25(27(37)40)34-26(39)21(42-28(41)36(6)7)10-8-9-11-23(38)35(4)5/h9,11-15,21H,8,10,16-17H2,1-7H3,(H,32,33)(H,31,34,39)/b11-9+/t21-/m0/s1. The summed E-state index contributed by atoms with van der Waals surface area (Å²) in [6, 6.07) is 2.82. The summed E-state index contributed by atoms with van der Waals surface area (Å²) in [4.78, 5) is 64.5. The molecule has 0 aliphatic heterocycles. The molecule has 0 aliphatic carbocycles. The van der Waals surface area contributed by atoms with Crippen molar-refractivity contribution >= 4 is 34.8 Å². The lowest BCUT2D eigenvalue weighted by Gasteiger charge is -2.19. The van der Waals surface area contributed by atoms with Crippen LogP contribution in [0, 0.1) is 11.2 Å². The van der Waals surface area contributed by atoms with E-state index in [-0.39, 0.29) is 36.5 Å². The third kappa shape index (κ3) is 8.72. The van der Waals surface area contributed by atoms with Crippen LogP contribution in [0.3, 0.4) is 0 Å². The van der Waals surface area contributed by atoms with E-state index >= 15 is 0 Å². The summed E-state index contributed by atoms with van der Waals surface area (Å²) < 4.78 is 20.9. The Labute approximate surface area is 243 Å². The third-order valence-corrected chi connectivity index (χ3v) is 6.08. The Hall–Kier alpha value is -4.55. The molecular weight excluding hydrogens is 545 g/mol. The fourth-order valence-corrected chi connectivity index (χ4v) is 4.05. The lowest BCUT2D eigenvalue weighted by atomic mass is 9.87. The summed E-state index contributed by atoms with van der Waals surface area (Å²) in [5.74, 6) is -1.20. The van der Waals surface area contributed by atoms with E-state index in [2.05, 4.69) is 41.0 Å². The summed E-state index contributed by atoms with van der Waals surface area (Å²) in [6.07, 6.45) is 4.68. The van der Waals surface area contributed by atoms with Crippen LogP contribution in [0.25, 0.3) is 11.0 Å². The highest BCUT2D eigenvalue weighted by Crippen LogP contribution is 2.27. The van der Waals surface area contributed by atoms with E-state index in [1.54, 1.807) is 20.2 Å². The minimum absolute atomic E-state index is 0.0131. The number of benzene rings is 1. The number of likely N-dealkylation sites (N-methyl/N-ethyl adjacent to an activating group) is 1. The molecule has 12 nitrogen and oxygen atoms in total. The molecule has 0 saturated heterocycles. The van der Waals surface area contributed by atoms with Gasteiger partial charge in [0, 0.05) is 46.7 Å². The van der Waals surface area contributed by atoms with Gasteiger partial charge in [0.2, 0.25) is 5.91 Å². The number of aromatic nitrogens is 4. The maximum Gasteiger partial charge on any atom is 0.410 e. The largest absolute Gasteiger partial charge is 0.436 e. The number of imidazole rings is 1. The lowest BCUT2D eigenvalue weighted by Crippen LogP contribution is -2.38. The topological polar surface area (TPSA) is 143 Å². The molecule has 0 fully saturated rings. The molecule has 3 aromatic rings. The van der Waals surface area contributed by atoms with Crippen LogP contribution in [-0.4, -0.2) is 81.5 Å². The van der Waals surface area contributed by atoms with Crippen LogP contribution >= 0.6 is 0 Å². The second-order valence-corrected chi connectivity index (χ2v) is 11.6. The zero-order valence-electron chi connectivity index (χ0n) is 25.0. The van der Waals surface area contributed by atoms with Crippen LogP contribution in [0.15, 0.2) is 41.5 Å². The van der Waals surface area contributed by atoms with E-state index in [1.165, 1.54) is 59.1 Å². The molecule has 1 atom stereocenters. The third-order valence-electron chi connectivity index (χ3n) is 6.08. The van der Waals surface area contributed by atoms with Gasteiger partial charge < -0.3 is 29.4 Å². The van der Waals surface area contributed by atoms with Crippen LogP contribution in [0.2, 0.25) is 0 Å². The summed E-state index contributed by atoms with van der Waals surface area (Å²) in [5.41, 5.74) is 1.24. The second kappa shape index (κ2) is 13.4. The van der Waals surface area contributed by atoms with Gasteiger partial charge in [-0.3, -0.25) is 14.4 Å². The zero-order valence-corrected chi connectivity index (χ0v) is 25.0. The molecule has 0 unspecified atom stereocenters. The van der Waals surface area contributed by atoms with Crippen LogP contribution in [0.4, 0.5) is 15.0 Å². The van der Waals surface area contributed by atoms with E-state index in [4.69, 9.17) is 4.74 Å². The smallest absolute Gasteiger partial charge is 0.410 e. The molecule has 0 aliphatic rings. The molecule has 3 amide bonds. The molecule has 0 bridgehead atoms. The minimum Gasteiger partial charge on any atom is -0.436 e. The van der Waals surface area contributed by atoms with Gasteiger partial charge in [-0.1, -0.05) is 26.8 Å². The van der Waals surface area contributed by atoms with Crippen molar-refractivity contribution in [2.75, 3.05) is 33.5 Å². The Morgan fingerprint density at radius 2 is 1.88 bits per heavy atom. The zero-order chi connectivity index (χ0) is 31.2.